The second-order valence-electron chi connectivity index (χ2n) is 8.00. The van der Waals surface area contributed by atoms with Crippen LogP contribution in [0.25, 0.3) is 21.6 Å². The van der Waals surface area contributed by atoms with Crippen LogP contribution in [0.15, 0.2) is 30.6 Å². The van der Waals surface area contributed by atoms with Gasteiger partial charge in [0.2, 0.25) is 0 Å². The van der Waals surface area contributed by atoms with Gasteiger partial charge in [-0.25, -0.2) is 9.97 Å². The van der Waals surface area contributed by atoms with E-state index in [1.54, 1.807) is 17.5 Å². The third kappa shape index (κ3) is 3.51. The Labute approximate surface area is 170 Å². The summed E-state index contributed by atoms with van der Waals surface area (Å²) in [6.45, 7) is 6.53. The minimum Gasteiger partial charge on any atom is -0.353 e. The van der Waals surface area contributed by atoms with Crippen LogP contribution in [0.3, 0.4) is 0 Å². The van der Waals surface area contributed by atoms with Crippen LogP contribution in [0, 0.1) is 6.92 Å². The first-order valence-electron chi connectivity index (χ1n) is 10.5. The maximum Gasteiger partial charge on any atom is 0.164 e. The van der Waals surface area contributed by atoms with Crippen molar-refractivity contribution in [1.82, 2.24) is 19.9 Å². The van der Waals surface area contributed by atoms with Crippen molar-refractivity contribution in [3.05, 3.63) is 35.5 Å². The fourth-order valence-corrected chi connectivity index (χ4v) is 5.51. The van der Waals surface area contributed by atoms with Crippen molar-refractivity contribution in [2.75, 3.05) is 31.1 Å². The first-order valence-corrected chi connectivity index (χ1v) is 11.3. The van der Waals surface area contributed by atoms with Crippen molar-refractivity contribution >= 4 is 27.4 Å². The lowest BCUT2D eigenvalue weighted by atomic mass is 9.94. The van der Waals surface area contributed by atoms with Crippen LogP contribution in [-0.2, 0) is 0 Å². The molecule has 2 fully saturated rings. The molecule has 3 aromatic heterocycles. The molecule has 0 atom stereocenters. The Balaban J connectivity index is 1.43. The number of pyridine rings is 1. The third-order valence-corrected chi connectivity index (χ3v) is 7.06. The number of hydrogen-bond acceptors (Lipinski definition) is 6. The molecule has 0 amide bonds. The zero-order valence-corrected chi connectivity index (χ0v) is 17.3. The predicted octanol–water partition coefficient (Wildman–Crippen LogP) is 4.52. The van der Waals surface area contributed by atoms with E-state index in [0.717, 1.165) is 54.3 Å². The van der Waals surface area contributed by atoms with Crippen molar-refractivity contribution in [2.24, 2.45) is 0 Å². The van der Waals surface area contributed by atoms with Crippen LogP contribution in [-0.4, -0.2) is 52.1 Å². The molecule has 5 rings (SSSR count). The smallest absolute Gasteiger partial charge is 0.164 e. The number of hydrogen-bond donors (Lipinski definition) is 0. The monoisotopic (exact) mass is 393 g/mol. The van der Waals surface area contributed by atoms with E-state index >= 15 is 0 Å². The number of thiophene rings is 1. The lowest BCUT2D eigenvalue weighted by Crippen LogP contribution is -2.51. The molecule has 1 saturated heterocycles. The summed E-state index contributed by atoms with van der Waals surface area (Å²) in [4.78, 5) is 21.7. The molecule has 146 valence electrons. The molecule has 1 aliphatic carbocycles. The van der Waals surface area contributed by atoms with Gasteiger partial charge in [-0.05, 0) is 38.0 Å². The van der Waals surface area contributed by atoms with Gasteiger partial charge in [-0.15, -0.1) is 11.3 Å². The molecular formula is C22H27N5S. The standard InChI is InChI=1S/C22H27N5S/c1-16-14-19-21(24-20(25-22(19)28-16)17-6-5-9-23-15-17)27-12-10-26(11-13-27)18-7-3-2-4-8-18/h5-6,9,14-15,18H,2-4,7-8,10-13H2,1H3. The van der Waals surface area contributed by atoms with Gasteiger partial charge in [-0.3, -0.25) is 9.88 Å². The van der Waals surface area contributed by atoms with Crippen LogP contribution in [0.1, 0.15) is 37.0 Å². The number of nitrogens with zero attached hydrogens (tertiary/aromatic N) is 5. The van der Waals surface area contributed by atoms with Gasteiger partial charge in [-0.1, -0.05) is 19.3 Å². The topological polar surface area (TPSA) is 45.2 Å². The molecule has 28 heavy (non-hydrogen) atoms. The first kappa shape index (κ1) is 18.0. The van der Waals surface area contributed by atoms with Crippen LogP contribution in [0.2, 0.25) is 0 Å². The highest BCUT2D eigenvalue weighted by molar-refractivity contribution is 7.18. The highest BCUT2D eigenvalue weighted by atomic mass is 32.1. The van der Waals surface area contributed by atoms with E-state index in [0.29, 0.717) is 0 Å². The summed E-state index contributed by atoms with van der Waals surface area (Å²) in [6, 6.07) is 7.04. The quantitative estimate of drug-likeness (QED) is 0.655. The van der Waals surface area contributed by atoms with E-state index < -0.39 is 0 Å². The third-order valence-electron chi connectivity index (χ3n) is 6.12. The summed E-state index contributed by atoms with van der Waals surface area (Å²) in [5.41, 5.74) is 0.984. The molecular weight excluding hydrogens is 366 g/mol. The zero-order chi connectivity index (χ0) is 18.9. The van der Waals surface area contributed by atoms with Crippen molar-refractivity contribution in [3.8, 4) is 11.4 Å². The lowest BCUT2D eigenvalue weighted by Gasteiger charge is -2.41. The Bertz CT molecular complexity index is 940. The summed E-state index contributed by atoms with van der Waals surface area (Å²) in [7, 11) is 0. The first-order chi connectivity index (χ1) is 13.8. The summed E-state index contributed by atoms with van der Waals surface area (Å²) in [6.07, 6.45) is 10.6. The highest BCUT2D eigenvalue weighted by Gasteiger charge is 2.27. The van der Waals surface area contributed by atoms with E-state index in [4.69, 9.17) is 9.97 Å². The summed E-state index contributed by atoms with van der Waals surface area (Å²) in [5.74, 6) is 1.88. The molecule has 6 heteroatoms. The number of fused-ring (bicyclic) bond motifs is 1. The molecule has 0 N–H and O–H groups in total. The second-order valence-corrected chi connectivity index (χ2v) is 9.24. The molecule has 3 aromatic rings. The van der Waals surface area contributed by atoms with Crippen molar-refractivity contribution in [3.63, 3.8) is 0 Å². The van der Waals surface area contributed by atoms with Gasteiger partial charge < -0.3 is 4.90 Å². The molecule has 0 spiro atoms. The van der Waals surface area contributed by atoms with Crippen LogP contribution in [0.4, 0.5) is 5.82 Å². The molecule has 4 heterocycles. The van der Waals surface area contributed by atoms with E-state index in [1.165, 1.54) is 42.4 Å². The summed E-state index contributed by atoms with van der Waals surface area (Å²) in [5, 5.41) is 1.20. The Hall–Kier alpha value is -2.05. The molecule has 5 nitrogen and oxygen atoms in total. The fraction of sp³-hybridized carbons (Fsp3) is 0.500. The Kier molecular flexibility index (Phi) is 4.99. The molecule has 1 aliphatic heterocycles. The molecule has 1 saturated carbocycles. The molecule has 0 unspecified atom stereocenters. The van der Waals surface area contributed by atoms with E-state index in [-0.39, 0.29) is 0 Å². The Morgan fingerprint density at radius 1 is 1.04 bits per heavy atom. The Morgan fingerprint density at radius 2 is 1.86 bits per heavy atom. The van der Waals surface area contributed by atoms with Crippen LogP contribution in [0.5, 0.6) is 0 Å². The summed E-state index contributed by atoms with van der Waals surface area (Å²) >= 11 is 1.75. The molecule has 0 aromatic carbocycles. The van der Waals surface area contributed by atoms with Gasteiger partial charge in [0.1, 0.15) is 10.6 Å². The Morgan fingerprint density at radius 3 is 2.61 bits per heavy atom. The van der Waals surface area contributed by atoms with E-state index in [2.05, 4.69) is 27.8 Å². The number of aryl methyl sites for hydroxylation is 1. The van der Waals surface area contributed by atoms with Gasteiger partial charge in [0, 0.05) is 55.1 Å². The summed E-state index contributed by atoms with van der Waals surface area (Å²) < 4.78 is 0. The van der Waals surface area contributed by atoms with Crippen LogP contribution >= 0.6 is 11.3 Å². The van der Waals surface area contributed by atoms with Crippen LogP contribution < -0.4 is 4.90 Å². The number of anilines is 1. The minimum atomic E-state index is 0.784. The highest BCUT2D eigenvalue weighted by Crippen LogP contribution is 2.34. The van der Waals surface area contributed by atoms with Gasteiger partial charge in [-0.2, -0.15) is 0 Å². The maximum absolute atomic E-state index is 5.01. The van der Waals surface area contributed by atoms with Gasteiger partial charge in [0.05, 0.1) is 5.39 Å². The van der Waals surface area contributed by atoms with E-state index in [9.17, 15) is 0 Å². The lowest BCUT2D eigenvalue weighted by molar-refractivity contribution is 0.148. The number of piperazine rings is 1. The van der Waals surface area contributed by atoms with Crippen molar-refractivity contribution < 1.29 is 0 Å². The molecule has 2 aliphatic rings. The average molecular weight is 394 g/mol. The molecule has 0 bridgehead atoms. The SMILES string of the molecule is Cc1cc2c(N3CCN(C4CCCCC4)CC3)nc(-c3cccnc3)nc2s1. The predicted molar refractivity (Wildman–Crippen MR) is 116 cm³/mol. The minimum absolute atomic E-state index is 0.784. The van der Waals surface area contributed by atoms with Gasteiger partial charge in [0.15, 0.2) is 5.82 Å². The van der Waals surface area contributed by atoms with Crippen molar-refractivity contribution in [1.29, 1.82) is 0 Å². The fourth-order valence-electron chi connectivity index (χ4n) is 4.64. The van der Waals surface area contributed by atoms with Gasteiger partial charge in [0.25, 0.3) is 0 Å². The second kappa shape index (κ2) is 7.76. The maximum atomic E-state index is 5.01. The van der Waals surface area contributed by atoms with E-state index in [1.807, 2.05) is 18.3 Å². The number of aromatic nitrogens is 3. The average Bonchev–Trinajstić information content (AvgIpc) is 3.14. The zero-order valence-electron chi connectivity index (χ0n) is 16.5. The number of rotatable bonds is 3. The normalized spacial score (nSPS) is 19.4. The molecule has 0 radical (unpaired) electrons. The van der Waals surface area contributed by atoms with Gasteiger partial charge >= 0.3 is 0 Å². The van der Waals surface area contributed by atoms with Crippen molar-refractivity contribution in [2.45, 2.75) is 45.1 Å². The largest absolute Gasteiger partial charge is 0.353 e.